The van der Waals surface area contributed by atoms with E-state index in [1.54, 1.807) is 24.3 Å². The Morgan fingerprint density at radius 2 is 1.60 bits per heavy atom. The third-order valence-electron chi connectivity index (χ3n) is 3.53. The Morgan fingerprint density at radius 3 is 2.04 bits per heavy atom. The van der Waals surface area contributed by atoms with Gasteiger partial charge in [0, 0.05) is 5.56 Å². The predicted molar refractivity (Wildman–Crippen MR) is 92.1 cm³/mol. The van der Waals surface area contributed by atoms with Gasteiger partial charge in [-0.2, -0.15) is 5.26 Å². The van der Waals surface area contributed by atoms with Gasteiger partial charge in [0.15, 0.2) is 11.5 Å². The van der Waals surface area contributed by atoms with Crippen LogP contribution < -0.4 is 14.2 Å². The summed E-state index contributed by atoms with van der Waals surface area (Å²) in [6.07, 6.45) is 1.41. The van der Waals surface area contributed by atoms with Crippen LogP contribution in [0.4, 0.5) is 0 Å². The summed E-state index contributed by atoms with van der Waals surface area (Å²) in [5.41, 5.74) is 0.802. The molecule has 0 bridgehead atoms. The minimum Gasteiger partial charge on any atom is -0.502 e. The zero-order valence-corrected chi connectivity index (χ0v) is 14.1. The topological polar surface area (TPSA) is 88.8 Å². The molecule has 0 aromatic heterocycles. The first-order valence-corrected chi connectivity index (χ1v) is 7.29. The molecule has 2 aromatic carbocycles. The highest BCUT2D eigenvalue weighted by Crippen LogP contribution is 2.37. The Labute approximate surface area is 145 Å². The van der Waals surface area contributed by atoms with Crippen LogP contribution in [-0.2, 0) is 0 Å². The lowest BCUT2D eigenvalue weighted by atomic mass is 10.0. The van der Waals surface area contributed by atoms with Crippen LogP contribution in [0.15, 0.2) is 42.0 Å². The number of nitriles is 1. The Balaban J connectivity index is 2.42. The standard InChI is InChI=1S/C19H17NO5/c1-23-15-6-4-13(5-7-15)18(21)14(11-20)8-12-9-16(24-2)19(22)17(10-12)25-3/h4-10,22H,1-3H3/b14-8+. The fraction of sp³-hybridized carbons (Fsp3) is 0.158. The van der Waals surface area contributed by atoms with E-state index in [1.807, 2.05) is 6.07 Å². The number of nitrogens with zero attached hydrogens (tertiary/aromatic N) is 1. The van der Waals surface area contributed by atoms with Crippen LogP contribution >= 0.6 is 0 Å². The van der Waals surface area contributed by atoms with Gasteiger partial charge in [-0.3, -0.25) is 4.79 Å². The third-order valence-corrected chi connectivity index (χ3v) is 3.53. The molecule has 0 heterocycles. The van der Waals surface area contributed by atoms with Crippen LogP contribution in [-0.4, -0.2) is 32.2 Å². The largest absolute Gasteiger partial charge is 0.502 e. The number of allylic oxidation sites excluding steroid dienone is 1. The van der Waals surface area contributed by atoms with Crippen molar-refractivity contribution in [3.8, 4) is 29.1 Å². The quantitative estimate of drug-likeness (QED) is 0.494. The number of rotatable bonds is 6. The maximum absolute atomic E-state index is 12.5. The van der Waals surface area contributed by atoms with E-state index in [9.17, 15) is 15.2 Å². The molecule has 0 amide bonds. The zero-order chi connectivity index (χ0) is 18.4. The van der Waals surface area contributed by atoms with E-state index in [1.165, 1.54) is 39.5 Å². The van der Waals surface area contributed by atoms with Crippen molar-refractivity contribution in [3.05, 3.63) is 53.1 Å². The molecular formula is C19H17NO5. The Bertz CT molecular complexity index is 822. The molecular weight excluding hydrogens is 322 g/mol. The molecule has 0 fully saturated rings. The molecule has 2 aromatic rings. The van der Waals surface area contributed by atoms with Gasteiger partial charge in [0.1, 0.15) is 17.4 Å². The second-order valence-electron chi connectivity index (χ2n) is 5.00. The molecule has 0 unspecified atom stereocenters. The number of methoxy groups -OCH3 is 3. The second-order valence-corrected chi connectivity index (χ2v) is 5.00. The second kappa shape index (κ2) is 7.88. The average Bonchev–Trinajstić information content (AvgIpc) is 2.66. The van der Waals surface area contributed by atoms with Crippen molar-refractivity contribution in [2.24, 2.45) is 0 Å². The molecule has 0 aliphatic carbocycles. The number of hydrogen-bond acceptors (Lipinski definition) is 6. The van der Waals surface area contributed by atoms with E-state index in [0.29, 0.717) is 16.9 Å². The highest BCUT2D eigenvalue weighted by atomic mass is 16.5. The smallest absolute Gasteiger partial charge is 0.203 e. The van der Waals surface area contributed by atoms with Gasteiger partial charge in [-0.1, -0.05) is 0 Å². The van der Waals surface area contributed by atoms with Crippen LogP contribution in [0, 0.1) is 11.3 Å². The number of ether oxygens (including phenoxy) is 3. The summed E-state index contributed by atoms with van der Waals surface area (Å²) in [5, 5.41) is 19.3. The molecule has 0 spiro atoms. The number of phenols is 1. The molecule has 128 valence electrons. The van der Waals surface area contributed by atoms with Gasteiger partial charge in [0.05, 0.1) is 21.3 Å². The highest BCUT2D eigenvalue weighted by Gasteiger charge is 2.15. The van der Waals surface area contributed by atoms with Gasteiger partial charge in [-0.05, 0) is 48.0 Å². The van der Waals surface area contributed by atoms with Crippen LogP contribution in [0.3, 0.4) is 0 Å². The summed E-state index contributed by atoms with van der Waals surface area (Å²) < 4.78 is 15.2. The number of carbonyl (C=O) groups is 1. The number of carbonyl (C=O) groups excluding carboxylic acids is 1. The number of aromatic hydroxyl groups is 1. The van der Waals surface area contributed by atoms with Crippen LogP contribution in [0.2, 0.25) is 0 Å². The fourth-order valence-corrected chi connectivity index (χ4v) is 2.21. The average molecular weight is 339 g/mol. The predicted octanol–water partition coefficient (Wildman–Crippen LogP) is 3.21. The molecule has 0 atom stereocenters. The van der Waals surface area contributed by atoms with E-state index in [-0.39, 0.29) is 22.8 Å². The third kappa shape index (κ3) is 3.90. The van der Waals surface area contributed by atoms with E-state index in [4.69, 9.17) is 14.2 Å². The highest BCUT2D eigenvalue weighted by molar-refractivity contribution is 6.14. The summed E-state index contributed by atoms with van der Waals surface area (Å²) in [6.45, 7) is 0. The van der Waals surface area contributed by atoms with E-state index in [0.717, 1.165) is 0 Å². The van der Waals surface area contributed by atoms with Crippen LogP contribution in [0.25, 0.3) is 6.08 Å². The number of ketones is 1. The summed E-state index contributed by atoms with van der Waals surface area (Å²) in [7, 11) is 4.33. The number of phenolic OH excluding ortho intramolecular Hbond substituents is 1. The van der Waals surface area contributed by atoms with Crippen molar-refractivity contribution in [2.45, 2.75) is 0 Å². The normalized spacial score (nSPS) is 10.7. The van der Waals surface area contributed by atoms with Crippen molar-refractivity contribution in [1.29, 1.82) is 5.26 Å². The number of hydrogen-bond donors (Lipinski definition) is 1. The van der Waals surface area contributed by atoms with E-state index in [2.05, 4.69) is 0 Å². The Morgan fingerprint density at radius 1 is 1.04 bits per heavy atom. The molecule has 1 N–H and O–H groups in total. The van der Waals surface area contributed by atoms with Crippen molar-refractivity contribution >= 4 is 11.9 Å². The van der Waals surface area contributed by atoms with Crippen LogP contribution in [0.1, 0.15) is 15.9 Å². The molecule has 0 radical (unpaired) electrons. The first kappa shape index (κ1) is 17.9. The summed E-state index contributed by atoms with van der Waals surface area (Å²) in [4.78, 5) is 12.5. The minimum atomic E-state index is -0.420. The Hall–Kier alpha value is -3.46. The lowest BCUT2D eigenvalue weighted by molar-refractivity contribution is 0.104. The van der Waals surface area contributed by atoms with Gasteiger partial charge in [-0.25, -0.2) is 0 Å². The minimum absolute atomic E-state index is 0.0556. The van der Waals surface area contributed by atoms with Crippen molar-refractivity contribution in [2.75, 3.05) is 21.3 Å². The molecule has 0 saturated carbocycles. The first-order chi connectivity index (χ1) is 12.0. The van der Waals surface area contributed by atoms with E-state index < -0.39 is 5.78 Å². The maximum Gasteiger partial charge on any atom is 0.203 e. The van der Waals surface area contributed by atoms with Gasteiger partial charge < -0.3 is 19.3 Å². The molecule has 6 nitrogen and oxygen atoms in total. The molecule has 0 saturated heterocycles. The maximum atomic E-state index is 12.5. The molecule has 25 heavy (non-hydrogen) atoms. The number of Topliss-reactive ketones (excluding diaryl/α,β-unsaturated/α-hetero) is 1. The summed E-state index contributed by atoms with van der Waals surface area (Å²) in [5.74, 6) is 0.407. The fourth-order valence-electron chi connectivity index (χ4n) is 2.21. The molecule has 0 aliphatic rings. The molecule has 0 aliphatic heterocycles. The first-order valence-electron chi connectivity index (χ1n) is 7.29. The molecule has 6 heteroatoms. The number of benzene rings is 2. The van der Waals surface area contributed by atoms with Gasteiger partial charge >= 0.3 is 0 Å². The SMILES string of the molecule is COc1ccc(C(=O)/C(C#N)=C/c2cc(OC)c(O)c(OC)c2)cc1. The van der Waals surface area contributed by atoms with Gasteiger partial charge in [0.25, 0.3) is 0 Å². The van der Waals surface area contributed by atoms with Crippen molar-refractivity contribution in [1.82, 2.24) is 0 Å². The summed E-state index contributed by atoms with van der Waals surface area (Å²) >= 11 is 0. The van der Waals surface area contributed by atoms with Crippen LogP contribution in [0.5, 0.6) is 23.0 Å². The van der Waals surface area contributed by atoms with Crippen molar-refractivity contribution in [3.63, 3.8) is 0 Å². The van der Waals surface area contributed by atoms with Gasteiger partial charge in [0.2, 0.25) is 11.5 Å². The van der Waals surface area contributed by atoms with Crippen molar-refractivity contribution < 1.29 is 24.1 Å². The lowest BCUT2D eigenvalue weighted by Gasteiger charge is -2.09. The summed E-state index contributed by atoms with van der Waals surface area (Å²) in [6, 6.07) is 11.4. The van der Waals surface area contributed by atoms with Gasteiger partial charge in [-0.15, -0.1) is 0 Å². The lowest BCUT2D eigenvalue weighted by Crippen LogP contribution is -2.02. The molecule has 2 rings (SSSR count). The Kier molecular flexibility index (Phi) is 5.64. The monoisotopic (exact) mass is 339 g/mol. The van der Waals surface area contributed by atoms with E-state index >= 15 is 0 Å². The zero-order valence-electron chi connectivity index (χ0n) is 14.1.